The summed E-state index contributed by atoms with van der Waals surface area (Å²) in [6, 6.07) is 19.5. The molecule has 3 rings (SSSR count). The smallest absolute Gasteiger partial charge is 0.416 e. The summed E-state index contributed by atoms with van der Waals surface area (Å²) in [6.07, 6.45) is -3.05. The van der Waals surface area contributed by atoms with Crippen LogP contribution >= 0.6 is 0 Å². The van der Waals surface area contributed by atoms with Crippen molar-refractivity contribution in [3.63, 3.8) is 0 Å². The van der Waals surface area contributed by atoms with Crippen molar-refractivity contribution >= 4 is 17.6 Å². The van der Waals surface area contributed by atoms with E-state index in [4.69, 9.17) is 9.84 Å². The normalized spacial score (nSPS) is 12.1. The Morgan fingerprint density at radius 1 is 0.974 bits per heavy atom. The lowest BCUT2D eigenvalue weighted by Crippen LogP contribution is -2.28. The summed E-state index contributed by atoms with van der Waals surface area (Å²) in [5, 5.41) is 14.7. The zero-order valence-electron chi connectivity index (χ0n) is 21.1. The summed E-state index contributed by atoms with van der Waals surface area (Å²) in [4.78, 5) is 22.8. The summed E-state index contributed by atoms with van der Waals surface area (Å²) in [5.41, 5.74) is 2.72. The summed E-state index contributed by atoms with van der Waals surface area (Å²) in [6.45, 7) is 3.13. The quantitative estimate of drug-likeness (QED) is 0.236. The van der Waals surface area contributed by atoms with Gasteiger partial charge in [-0.05, 0) is 65.9 Å². The van der Waals surface area contributed by atoms with Crippen LogP contribution in [-0.4, -0.2) is 42.8 Å². The molecule has 0 aliphatic heterocycles. The molecule has 3 N–H and O–H groups in total. The molecule has 0 aliphatic rings. The molecule has 3 aromatic carbocycles. The number of carboxylic acids is 1. The number of carbonyl (C=O) groups is 2. The lowest BCUT2D eigenvalue weighted by molar-refractivity contribution is -0.138. The van der Waals surface area contributed by atoms with Gasteiger partial charge in [0.2, 0.25) is 0 Å². The fraction of sp³-hybridized carbons (Fsp3) is 0.310. The van der Waals surface area contributed by atoms with Gasteiger partial charge in [0, 0.05) is 24.4 Å². The minimum atomic E-state index is -4.39. The van der Waals surface area contributed by atoms with Crippen molar-refractivity contribution in [3.8, 4) is 11.1 Å². The molecule has 0 bridgehead atoms. The average Bonchev–Trinajstić information content (AvgIpc) is 2.89. The van der Waals surface area contributed by atoms with E-state index in [2.05, 4.69) is 10.6 Å². The number of ether oxygens (including phenoxy) is 1. The van der Waals surface area contributed by atoms with Gasteiger partial charge in [0.15, 0.2) is 0 Å². The molecule has 0 aromatic heterocycles. The number of alkyl halides is 3. The van der Waals surface area contributed by atoms with Gasteiger partial charge in [0.25, 0.3) is 5.91 Å². The number of aliphatic carboxylic acids is 1. The first kappa shape index (κ1) is 28.7. The van der Waals surface area contributed by atoms with Gasteiger partial charge in [0.1, 0.15) is 0 Å². The van der Waals surface area contributed by atoms with Crippen LogP contribution in [0.5, 0.6) is 0 Å². The van der Waals surface area contributed by atoms with Crippen LogP contribution in [0.2, 0.25) is 0 Å². The molecule has 0 heterocycles. The minimum absolute atomic E-state index is 0.0531. The van der Waals surface area contributed by atoms with Gasteiger partial charge in [-0.2, -0.15) is 13.2 Å². The maximum Gasteiger partial charge on any atom is 0.416 e. The lowest BCUT2D eigenvalue weighted by Gasteiger charge is -2.21. The third kappa shape index (κ3) is 8.92. The summed E-state index contributed by atoms with van der Waals surface area (Å²) < 4.78 is 45.0. The van der Waals surface area contributed by atoms with E-state index in [9.17, 15) is 22.8 Å². The lowest BCUT2D eigenvalue weighted by atomic mass is 9.99. The molecule has 0 aliphatic carbocycles. The van der Waals surface area contributed by atoms with Crippen LogP contribution in [0.4, 0.5) is 18.9 Å². The second-order valence-corrected chi connectivity index (χ2v) is 8.87. The summed E-state index contributed by atoms with van der Waals surface area (Å²) in [5.74, 6) is -1.33. The first-order valence-electron chi connectivity index (χ1n) is 12.4. The number of amides is 1. The second-order valence-electron chi connectivity index (χ2n) is 8.87. The Bertz CT molecular complexity index is 1200. The van der Waals surface area contributed by atoms with Crippen molar-refractivity contribution in [1.82, 2.24) is 5.32 Å². The summed E-state index contributed by atoms with van der Waals surface area (Å²) in [7, 11) is 0. The van der Waals surface area contributed by atoms with E-state index in [0.29, 0.717) is 36.3 Å². The molecule has 1 unspecified atom stereocenters. The molecule has 202 valence electrons. The first-order chi connectivity index (χ1) is 18.2. The predicted octanol–water partition coefficient (Wildman–Crippen LogP) is 6.03. The molecular formula is C29H31F3N2O4. The van der Waals surface area contributed by atoms with Crippen LogP contribution < -0.4 is 10.6 Å². The third-order valence-electron chi connectivity index (χ3n) is 5.77. The van der Waals surface area contributed by atoms with E-state index >= 15 is 0 Å². The zero-order valence-corrected chi connectivity index (χ0v) is 21.1. The van der Waals surface area contributed by atoms with Gasteiger partial charge in [-0.1, -0.05) is 43.3 Å². The molecule has 0 saturated heterocycles. The molecule has 38 heavy (non-hydrogen) atoms. The number of halogens is 3. The van der Waals surface area contributed by atoms with Crippen molar-refractivity contribution in [2.24, 2.45) is 0 Å². The number of carboxylic acid groups (broad SMARTS) is 1. The van der Waals surface area contributed by atoms with E-state index in [1.165, 1.54) is 6.07 Å². The molecule has 9 heteroatoms. The molecule has 0 spiro atoms. The van der Waals surface area contributed by atoms with Crippen LogP contribution in [0.25, 0.3) is 11.1 Å². The molecule has 6 nitrogen and oxygen atoms in total. The van der Waals surface area contributed by atoms with Crippen LogP contribution in [0.3, 0.4) is 0 Å². The highest BCUT2D eigenvalue weighted by Crippen LogP contribution is 2.32. The van der Waals surface area contributed by atoms with Gasteiger partial charge < -0.3 is 20.5 Å². The average molecular weight is 529 g/mol. The molecule has 0 saturated carbocycles. The first-order valence-corrected chi connectivity index (χ1v) is 12.4. The van der Waals surface area contributed by atoms with Crippen LogP contribution in [-0.2, 0) is 22.1 Å². The van der Waals surface area contributed by atoms with Gasteiger partial charge >= 0.3 is 12.1 Å². The number of carbonyl (C=O) groups excluding carboxylic acids is 1. The molecular weight excluding hydrogens is 497 g/mol. The third-order valence-corrected chi connectivity index (χ3v) is 5.77. The highest BCUT2D eigenvalue weighted by Gasteiger charge is 2.30. The van der Waals surface area contributed by atoms with Gasteiger partial charge in [-0.25, -0.2) is 0 Å². The van der Waals surface area contributed by atoms with E-state index in [1.807, 2.05) is 31.2 Å². The number of rotatable bonds is 13. The van der Waals surface area contributed by atoms with Crippen molar-refractivity contribution in [3.05, 3.63) is 89.5 Å². The van der Waals surface area contributed by atoms with Crippen molar-refractivity contribution < 1.29 is 32.6 Å². The Kier molecular flexibility index (Phi) is 10.3. The summed E-state index contributed by atoms with van der Waals surface area (Å²) >= 11 is 0. The standard InChI is InChI=1S/C29H31F3N2O4/c1-2-16-38-19-26(34-25-12-10-22(11-13-25)28(37)33-15-14-27(35)36)17-20-6-8-21(9-7-20)23-4-3-5-24(18-23)29(30,31)32/h3-13,18,26,34H,2,14-17,19H2,1H3,(H,33,37)(H,35,36). The van der Waals surface area contributed by atoms with Gasteiger partial charge in [-0.15, -0.1) is 0 Å². The fourth-order valence-corrected chi connectivity index (χ4v) is 3.85. The van der Waals surface area contributed by atoms with Crippen LogP contribution in [0, 0.1) is 0 Å². The van der Waals surface area contributed by atoms with Gasteiger partial charge in [0.05, 0.1) is 24.6 Å². The Labute approximate surface area is 219 Å². The molecule has 0 radical (unpaired) electrons. The highest BCUT2D eigenvalue weighted by atomic mass is 19.4. The molecule has 1 atom stereocenters. The number of nitrogens with one attached hydrogen (secondary N) is 2. The second kappa shape index (κ2) is 13.6. The van der Waals surface area contributed by atoms with Crippen molar-refractivity contribution in [2.75, 3.05) is 25.1 Å². The monoisotopic (exact) mass is 528 g/mol. The van der Waals surface area contributed by atoms with E-state index in [1.54, 1.807) is 30.3 Å². The minimum Gasteiger partial charge on any atom is -0.481 e. The molecule has 0 fully saturated rings. The zero-order chi connectivity index (χ0) is 27.5. The maximum absolute atomic E-state index is 13.1. The Balaban J connectivity index is 1.66. The Morgan fingerprint density at radius 2 is 1.68 bits per heavy atom. The predicted molar refractivity (Wildman–Crippen MR) is 140 cm³/mol. The van der Waals surface area contributed by atoms with E-state index < -0.39 is 17.7 Å². The number of benzene rings is 3. The van der Waals surface area contributed by atoms with Crippen molar-refractivity contribution in [1.29, 1.82) is 0 Å². The maximum atomic E-state index is 13.1. The number of hydrogen-bond donors (Lipinski definition) is 3. The fourth-order valence-electron chi connectivity index (χ4n) is 3.85. The Morgan fingerprint density at radius 3 is 2.32 bits per heavy atom. The van der Waals surface area contributed by atoms with Crippen molar-refractivity contribution in [2.45, 2.75) is 38.4 Å². The van der Waals surface area contributed by atoms with Gasteiger partial charge in [-0.3, -0.25) is 9.59 Å². The number of anilines is 1. The highest BCUT2D eigenvalue weighted by molar-refractivity contribution is 5.94. The Hall–Kier alpha value is -3.85. The van der Waals surface area contributed by atoms with Crippen LogP contribution in [0.1, 0.15) is 41.3 Å². The largest absolute Gasteiger partial charge is 0.481 e. The SMILES string of the molecule is CCCOCC(Cc1ccc(-c2cccc(C(F)(F)F)c2)cc1)Nc1ccc(C(=O)NCCC(=O)O)cc1. The number of hydrogen-bond acceptors (Lipinski definition) is 4. The topological polar surface area (TPSA) is 87.7 Å². The molecule has 3 aromatic rings. The van der Waals surface area contributed by atoms with Crippen LogP contribution in [0.15, 0.2) is 72.8 Å². The van der Waals surface area contributed by atoms with E-state index in [0.717, 1.165) is 29.8 Å². The molecule has 1 amide bonds. The van der Waals surface area contributed by atoms with E-state index in [-0.39, 0.29) is 24.9 Å².